The number of rotatable bonds is 4. The molecule has 0 aromatic carbocycles. The number of nitrogens with one attached hydrogen (secondary N) is 1. The Morgan fingerprint density at radius 2 is 2.25 bits per heavy atom. The molecule has 1 saturated heterocycles. The molecule has 11 heteroatoms. The molecule has 24 heavy (non-hydrogen) atoms. The van der Waals surface area contributed by atoms with Gasteiger partial charge in [-0.1, -0.05) is 5.21 Å². The lowest BCUT2D eigenvalue weighted by Gasteiger charge is -2.42. The van der Waals surface area contributed by atoms with Crippen molar-refractivity contribution in [3.63, 3.8) is 0 Å². The number of amides is 1. The molecule has 2 aromatic heterocycles. The van der Waals surface area contributed by atoms with Crippen LogP contribution in [0, 0.1) is 0 Å². The predicted octanol–water partition coefficient (Wildman–Crippen LogP) is -1.48. The van der Waals surface area contributed by atoms with E-state index in [9.17, 15) is 20.1 Å². The normalized spacial score (nSPS) is 30.2. The van der Waals surface area contributed by atoms with Gasteiger partial charge in [0.15, 0.2) is 6.23 Å². The van der Waals surface area contributed by atoms with Gasteiger partial charge in [-0.15, -0.1) is 16.4 Å². The van der Waals surface area contributed by atoms with Gasteiger partial charge in [0.1, 0.15) is 35.1 Å². The Morgan fingerprint density at radius 3 is 2.88 bits per heavy atom. The minimum atomic E-state index is -1.34. The van der Waals surface area contributed by atoms with E-state index in [2.05, 4.69) is 20.6 Å². The van der Waals surface area contributed by atoms with Gasteiger partial charge in [-0.2, -0.15) is 0 Å². The van der Waals surface area contributed by atoms with Gasteiger partial charge in [0.25, 0.3) is 0 Å². The zero-order valence-corrected chi connectivity index (χ0v) is 13.5. The number of carbonyl (C=O) groups excluding carboxylic acids is 1. The summed E-state index contributed by atoms with van der Waals surface area (Å²) in [5, 5.41) is 42.6. The maximum absolute atomic E-state index is 11.4. The summed E-state index contributed by atoms with van der Waals surface area (Å²) in [6.07, 6.45) is -1.43. The van der Waals surface area contributed by atoms with E-state index in [1.807, 2.05) is 0 Å². The molecule has 0 aliphatic carbocycles. The first-order chi connectivity index (χ1) is 11.5. The van der Waals surface area contributed by atoms with Crippen LogP contribution in [0.4, 0.5) is 0 Å². The first kappa shape index (κ1) is 16.9. The topological polar surface area (TPSA) is 143 Å². The second-order valence-electron chi connectivity index (χ2n) is 5.38. The highest BCUT2D eigenvalue weighted by atomic mass is 32.1. The van der Waals surface area contributed by atoms with Gasteiger partial charge in [-0.25, -0.2) is 9.67 Å². The lowest BCUT2D eigenvalue weighted by Crippen LogP contribution is -2.62. The van der Waals surface area contributed by atoms with Crippen LogP contribution >= 0.6 is 11.3 Å². The molecule has 1 amide bonds. The Kier molecular flexibility index (Phi) is 4.87. The van der Waals surface area contributed by atoms with Crippen LogP contribution in [-0.4, -0.2) is 72.2 Å². The standard InChI is InChI=1S/C13H17N5O5S/c1-6(20)15-9-11(22)10(21)8(5-19)23-13(9)18-4-7(16-17-18)12-14-2-3-24-12/h2-4,8-11,13,19,21-22H,5H2,1H3,(H,15,20)/t8-,9-,10-,11-,13-/m1/s1. The minimum absolute atomic E-state index is 0.400. The van der Waals surface area contributed by atoms with Crippen molar-refractivity contribution in [3.05, 3.63) is 17.8 Å². The van der Waals surface area contributed by atoms with Crippen molar-refractivity contribution in [2.45, 2.75) is 37.5 Å². The number of nitrogens with zero attached hydrogens (tertiary/aromatic N) is 4. The van der Waals surface area contributed by atoms with Crippen LogP contribution in [0.3, 0.4) is 0 Å². The van der Waals surface area contributed by atoms with Crippen molar-refractivity contribution in [2.75, 3.05) is 6.61 Å². The molecule has 1 aliphatic rings. The van der Waals surface area contributed by atoms with Gasteiger partial charge in [0.05, 0.1) is 12.8 Å². The smallest absolute Gasteiger partial charge is 0.217 e. The fourth-order valence-corrected chi connectivity index (χ4v) is 3.15. The summed E-state index contributed by atoms with van der Waals surface area (Å²) in [6, 6.07) is -0.953. The summed E-state index contributed by atoms with van der Waals surface area (Å²) in [5.74, 6) is -0.400. The molecule has 0 spiro atoms. The van der Waals surface area contributed by atoms with E-state index in [1.165, 1.54) is 22.9 Å². The monoisotopic (exact) mass is 355 g/mol. The average molecular weight is 355 g/mol. The molecule has 0 radical (unpaired) electrons. The molecule has 2 aromatic rings. The fraction of sp³-hybridized carbons (Fsp3) is 0.538. The fourth-order valence-electron chi connectivity index (χ4n) is 2.56. The molecule has 4 N–H and O–H groups in total. The first-order valence-electron chi connectivity index (χ1n) is 7.22. The van der Waals surface area contributed by atoms with Crippen LogP contribution in [0.15, 0.2) is 17.8 Å². The third kappa shape index (κ3) is 3.16. The summed E-state index contributed by atoms with van der Waals surface area (Å²) >= 11 is 1.39. The Labute approximate surface area is 140 Å². The third-order valence-electron chi connectivity index (χ3n) is 3.69. The van der Waals surface area contributed by atoms with E-state index < -0.39 is 43.1 Å². The number of aromatic nitrogens is 4. The Hall–Kier alpha value is -1.92. The van der Waals surface area contributed by atoms with E-state index in [4.69, 9.17) is 4.74 Å². The highest BCUT2D eigenvalue weighted by Crippen LogP contribution is 2.29. The molecule has 0 unspecified atom stereocenters. The predicted molar refractivity (Wildman–Crippen MR) is 81.7 cm³/mol. The Balaban J connectivity index is 1.91. The number of thiazole rings is 1. The van der Waals surface area contributed by atoms with Gasteiger partial charge in [0, 0.05) is 18.5 Å². The molecule has 10 nitrogen and oxygen atoms in total. The van der Waals surface area contributed by atoms with Crippen molar-refractivity contribution < 1.29 is 24.9 Å². The van der Waals surface area contributed by atoms with Gasteiger partial charge in [0.2, 0.25) is 5.91 Å². The summed E-state index contributed by atoms with van der Waals surface area (Å²) in [4.78, 5) is 15.6. The van der Waals surface area contributed by atoms with E-state index in [-0.39, 0.29) is 0 Å². The number of hydrogen-bond donors (Lipinski definition) is 4. The summed E-state index contributed by atoms with van der Waals surface area (Å²) in [7, 11) is 0. The second kappa shape index (κ2) is 6.91. The van der Waals surface area contributed by atoms with Gasteiger partial charge >= 0.3 is 0 Å². The Bertz CT molecular complexity index is 693. The molecule has 0 bridgehead atoms. The quantitative estimate of drug-likeness (QED) is 0.520. The van der Waals surface area contributed by atoms with E-state index in [0.29, 0.717) is 10.7 Å². The number of carbonyl (C=O) groups is 1. The van der Waals surface area contributed by atoms with E-state index >= 15 is 0 Å². The summed E-state index contributed by atoms with van der Waals surface area (Å²) in [5.41, 5.74) is 0.510. The van der Waals surface area contributed by atoms with Crippen molar-refractivity contribution in [2.24, 2.45) is 0 Å². The maximum Gasteiger partial charge on any atom is 0.217 e. The Morgan fingerprint density at radius 1 is 1.46 bits per heavy atom. The third-order valence-corrected chi connectivity index (χ3v) is 4.49. The van der Waals surface area contributed by atoms with Crippen molar-refractivity contribution in [1.29, 1.82) is 0 Å². The zero-order chi connectivity index (χ0) is 17.3. The van der Waals surface area contributed by atoms with Crippen LogP contribution in [0.5, 0.6) is 0 Å². The highest BCUT2D eigenvalue weighted by Gasteiger charge is 2.46. The molecule has 1 fully saturated rings. The van der Waals surface area contributed by atoms with E-state index in [1.54, 1.807) is 17.8 Å². The van der Waals surface area contributed by atoms with Gasteiger partial charge in [-0.3, -0.25) is 4.79 Å². The van der Waals surface area contributed by atoms with Gasteiger partial charge in [-0.05, 0) is 0 Å². The molecular weight excluding hydrogens is 338 g/mol. The highest BCUT2D eigenvalue weighted by molar-refractivity contribution is 7.13. The first-order valence-corrected chi connectivity index (χ1v) is 8.10. The second-order valence-corrected chi connectivity index (χ2v) is 6.27. The van der Waals surface area contributed by atoms with Crippen LogP contribution in [-0.2, 0) is 9.53 Å². The zero-order valence-electron chi connectivity index (χ0n) is 12.7. The number of aliphatic hydroxyl groups is 3. The lowest BCUT2D eigenvalue weighted by molar-refractivity contribution is -0.219. The van der Waals surface area contributed by atoms with E-state index in [0.717, 1.165) is 0 Å². The van der Waals surface area contributed by atoms with Crippen LogP contribution in [0.1, 0.15) is 13.2 Å². The van der Waals surface area contributed by atoms with Crippen LogP contribution < -0.4 is 5.32 Å². The SMILES string of the molecule is CC(=O)N[C@@H]1[C@@H](O)[C@H](O)[C@@H](CO)O[C@H]1n1cc(-c2nccs2)nn1. The largest absolute Gasteiger partial charge is 0.394 e. The number of ether oxygens (including phenoxy) is 1. The summed E-state index contributed by atoms with van der Waals surface area (Å²) < 4.78 is 6.95. The maximum atomic E-state index is 11.4. The van der Waals surface area contributed by atoms with Crippen LogP contribution in [0.2, 0.25) is 0 Å². The molecule has 130 valence electrons. The number of hydrogen-bond acceptors (Lipinski definition) is 9. The molecule has 3 rings (SSSR count). The number of aliphatic hydroxyl groups excluding tert-OH is 3. The minimum Gasteiger partial charge on any atom is -0.394 e. The molecule has 0 saturated carbocycles. The van der Waals surface area contributed by atoms with Gasteiger partial charge < -0.3 is 25.4 Å². The molecule has 3 heterocycles. The van der Waals surface area contributed by atoms with Crippen LogP contribution in [0.25, 0.3) is 10.7 Å². The molecule has 5 atom stereocenters. The van der Waals surface area contributed by atoms with Crippen molar-refractivity contribution >= 4 is 17.2 Å². The summed E-state index contributed by atoms with van der Waals surface area (Å²) in [6.45, 7) is 0.798. The molecule has 1 aliphatic heterocycles. The lowest BCUT2D eigenvalue weighted by atomic mass is 9.96. The van der Waals surface area contributed by atoms with Crippen molar-refractivity contribution in [1.82, 2.24) is 25.3 Å². The molecular formula is C13H17N5O5S. The van der Waals surface area contributed by atoms with Crippen molar-refractivity contribution in [3.8, 4) is 10.7 Å². The average Bonchev–Trinajstić information content (AvgIpc) is 3.22.